The first-order valence-electron chi connectivity index (χ1n) is 6.89. The van der Waals surface area contributed by atoms with Gasteiger partial charge in [0.15, 0.2) is 0 Å². The molecule has 0 aromatic heterocycles. The molecule has 1 heterocycles. The van der Waals surface area contributed by atoms with Gasteiger partial charge in [0.1, 0.15) is 22.8 Å². The Morgan fingerprint density at radius 1 is 0.870 bits per heavy atom. The second-order valence-corrected chi connectivity index (χ2v) is 4.96. The molecule has 0 atom stereocenters. The standard InChI is InChI=1S/C17H15NO5/c1-21-11-4-5-14-15(9-11)18(20)16(17(14)19)10-6-12(22-2)8-13(7-10)23-3/h4-9H,1-3H3. The van der Waals surface area contributed by atoms with E-state index in [1.165, 1.54) is 21.3 Å². The minimum Gasteiger partial charge on any atom is -0.618 e. The summed E-state index contributed by atoms with van der Waals surface area (Å²) >= 11 is 0. The third-order valence-electron chi connectivity index (χ3n) is 3.71. The second-order valence-electron chi connectivity index (χ2n) is 4.96. The molecule has 3 rings (SSSR count). The summed E-state index contributed by atoms with van der Waals surface area (Å²) in [6.07, 6.45) is 0. The summed E-state index contributed by atoms with van der Waals surface area (Å²) in [6.45, 7) is 0. The van der Waals surface area contributed by atoms with Gasteiger partial charge in [-0.05, 0) is 24.3 Å². The van der Waals surface area contributed by atoms with Gasteiger partial charge in [-0.3, -0.25) is 4.79 Å². The highest BCUT2D eigenvalue weighted by Crippen LogP contribution is 2.33. The van der Waals surface area contributed by atoms with Gasteiger partial charge in [-0.25, -0.2) is 0 Å². The van der Waals surface area contributed by atoms with Crippen LogP contribution in [-0.2, 0) is 0 Å². The van der Waals surface area contributed by atoms with Crippen LogP contribution in [0.4, 0.5) is 5.69 Å². The molecule has 1 aliphatic rings. The molecule has 0 fully saturated rings. The first-order chi connectivity index (χ1) is 11.1. The van der Waals surface area contributed by atoms with Crippen LogP contribution in [0.1, 0.15) is 15.9 Å². The van der Waals surface area contributed by atoms with Gasteiger partial charge in [0.2, 0.25) is 5.69 Å². The Kier molecular flexibility index (Phi) is 3.65. The van der Waals surface area contributed by atoms with Gasteiger partial charge in [0.05, 0.1) is 33.0 Å². The van der Waals surface area contributed by atoms with E-state index in [2.05, 4.69) is 0 Å². The van der Waals surface area contributed by atoms with Gasteiger partial charge in [0, 0.05) is 6.07 Å². The average Bonchev–Trinajstić information content (AvgIpc) is 2.84. The maximum absolute atomic E-state index is 12.6. The lowest BCUT2D eigenvalue weighted by atomic mass is 10.0. The van der Waals surface area contributed by atoms with Gasteiger partial charge in [-0.2, -0.15) is 4.74 Å². The lowest BCUT2D eigenvalue weighted by molar-refractivity contribution is -0.355. The fourth-order valence-electron chi connectivity index (χ4n) is 2.53. The van der Waals surface area contributed by atoms with Crippen molar-refractivity contribution >= 4 is 17.2 Å². The second kappa shape index (κ2) is 5.64. The molecule has 0 N–H and O–H groups in total. The largest absolute Gasteiger partial charge is 0.618 e. The molecule has 1 aliphatic heterocycles. The average molecular weight is 313 g/mol. The van der Waals surface area contributed by atoms with E-state index in [9.17, 15) is 10.0 Å². The Labute approximate surface area is 133 Å². The first kappa shape index (κ1) is 14.9. The topological polar surface area (TPSA) is 70.8 Å². The van der Waals surface area contributed by atoms with Crippen molar-refractivity contribution in [2.75, 3.05) is 21.3 Å². The molecular weight excluding hydrogens is 298 g/mol. The smallest absolute Gasteiger partial charge is 0.273 e. The number of benzene rings is 2. The molecule has 0 radical (unpaired) electrons. The predicted octanol–water partition coefficient (Wildman–Crippen LogP) is 2.54. The van der Waals surface area contributed by atoms with Crippen LogP contribution in [0, 0.1) is 5.21 Å². The maximum Gasteiger partial charge on any atom is 0.273 e. The zero-order valence-electron chi connectivity index (χ0n) is 13.0. The number of hydrogen-bond donors (Lipinski definition) is 0. The van der Waals surface area contributed by atoms with E-state index in [0.29, 0.717) is 33.1 Å². The fourth-order valence-corrected chi connectivity index (χ4v) is 2.53. The van der Waals surface area contributed by atoms with Crippen LogP contribution in [0.5, 0.6) is 17.2 Å². The zero-order chi connectivity index (χ0) is 16.6. The lowest BCUT2D eigenvalue weighted by Crippen LogP contribution is -2.16. The predicted molar refractivity (Wildman–Crippen MR) is 84.3 cm³/mol. The number of carbonyl (C=O) groups excluding carboxylic acids is 1. The van der Waals surface area contributed by atoms with Crippen molar-refractivity contribution in [2.24, 2.45) is 0 Å². The van der Waals surface area contributed by atoms with Crippen molar-refractivity contribution in [3.05, 3.63) is 52.7 Å². The van der Waals surface area contributed by atoms with Gasteiger partial charge >= 0.3 is 0 Å². The Morgan fingerprint density at radius 3 is 2.04 bits per heavy atom. The van der Waals surface area contributed by atoms with Crippen LogP contribution in [0.3, 0.4) is 0 Å². The summed E-state index contributed by atoms with van der Waals surface area (Å²) in [4.78, 5) is 12.6. The molecule has 0 saturated heterocycles. The van der Waals surface area contributed by atoms with Gasteiger partial charge < -0.3 is 19.4 Å². The third kappa shape index (κ3) is 2.38. The maximum atomic E-state index is 12.6. The van der Waals surface area contributed by atoms with Crippen molar-refractivity contribution < 1.29 is 23.7 Å². The molecule has 118 valence electrons. The van der Waals surface area contributed by atoms with Crippen molar-refractivity contribution in [1.29, 1.82) is 0 Å². The molecule has 0 spiro atoms. The van der Waals surface area contributed by atoms with E-state index in [-0.39, 0.29) is 17.2 Å². The quantitative estimate of drug-likeness (QED) is 0.641. The number of carbonyl (C=O) groups is 1. The van der Waals surface area contributed by atoms with Crippen molar-refractivity contribution in [3.8, 4) is 17.2 Å². The SMILES string of the molecule is COc1cc(OC)cc(C2=[N+]([O-])c3cc(OC)ccc3C2=O)c1. The summed E-state index contributed by atoms with van der Waals surface area (Å²) in [7, 11) is 4.52. The van der Waals surface area contributed by atoms with E-state index in [1.807, 2.05) is 0 Å². The molecular formula is C17H15NO5. The van der Waals surface area contributed by atoms with Crippen LogP contribution in [0.15, 0.2) is 36.4 Å². The van der Waals surface area contributed by atoms with Crippen LogP contribution in [0.25, 0.3) is 0 Å². The minimum atomic E-state index is -0.340. The number of Topliss-reactive ketones (excluding diaryl/α,β-unsaturated/α-hetero) is 1. The highest BCUT2D eigenvalue weighted by molar-refractivity contribution is 6.52. The molecule has 0 saturated carbocycles. The summed E-state index contributed by atoms with van der Waals surface area (Å²) in [5, 5.41) is 12.6. The van der Waals surface area contributed by atoms with Gasteiger partial charge in [0.25, 0.3) is 11.5 Å². The summed E-state index contributed by atoms with van der Waals surface area (Å²) < 4.78 is 16.1. The summed E-state index contributed by atoms with van der Waals surface area (Å²) in [5.41, 5.74) is 1.09. The van der Waals surface area contributed by atoms with Crippen LogP contribution < -0.4 is 14.2 Å². The Balaban J connectivity index is 2.17. The third-order valence-corrected chi connectivity index (χ3v) is 3.71. The van der Waals surface area contributed by atoms with E-state index < -0.39 is 0 Å². The number of fused-ring (bicyclic) bond motifs is 1. The number of rotatable bonds is 4. The van der Waals surface area contributed by atoms with Crippen LogP contribution in [0.2, 0.25) is 0 Å². The molecule has 23 heavy (non-hydrogen) atoms. The Hall–Kier alpha value is -3.02. The number of ketones is 1. The highest BCUT2D eigenvalue weighted by Gasteiger charge is 2.37. The molecule has 0 aliphatic carbocycles. The van der Waals surface area contributed by atoms with Crippen LogP contribution in [-0.4, -0.2) is 37.6 Å². The zero-order valence-corrected chi connectivity index (χ0v) is 13.0. The first-order valence-corrected chi connectivity index (χ1v) is 6.89. The van der Waals surface area contributed by atoms with E-state index in [0.717, 1.165) is 0 Å². The molecule has 2 aromatic carbocycles. The monoisotopic (exact) mass is 313 g/mol. The molecule has 6 heteroatoms. The van der Waals surface area contributed by atoms with E-state index in [1.54, 1.807) is 36.4 Å². The highest BCUT2D eigenvalue weighted by atomic mass is 16.5. The normalized spacial score (nSPS) is 13.1. The minimum absolute atomic E-state index is 0.0328. The Morgan fingerprint density at radius 2 is 1.48 bits per heavy atom. The van der Waals surface area contributed by atoms with Crippen molar-refractivity contribution in [2.45, 2.75) is 0 Å². The summed E-state index contributed by atoms with van der Waals surface area (Å²) in [5.74, 6) is 1.18. The number of nitrogens with zero attached hydrogens (tertiary/aromatic N) is 1. The van der Waals surface area contributed by atoms with Crippen LogP contribution >= 0.6 is 0 Å². The fraction of sp³-hybridized carbons (Fsp3) is 0.176. The summed E-state index contributed by atoms with van der Waals surface area (Å²) in [6, 6.07) is 9.72. The van der Waals surface area contributed by atoms with Crippen molar-refractivity contribution in [3.63, 3.8) is 0 Å². The molecule has 6 nitrogen and oxygen atoms in total. The van der Waals surface area contributed by atoms with E-state index >= 15 is 0 Å². The number of methoxy groups -OCH3 is 3. The van der Waals surface area contributed by atoms with Gasteiger partial charge in [-0.1, -0.05) is 0 Å². The molecule has 0 bridgehead atoms. The van der Waals surface area contributed by atoms with E-state index in [4.69, 9.17) is 14.2 Å². The number of hydrogen-bond acceptors (Lipinski definition) is 5. The van der Waals surface area contributed by atoms with Gasteiger partial charge in [-0.15, -0.1) is 0 Å². The van der Waals surface area contributed by atoms with Crippen molar-refractivity contribution in [1.82, 2.24) is 0 Å². The number of ether oxygens (including phenoxy) is 3. The molecule has 2 aromatic rings. The molecule has 0 amide bonds. The molecule has 0 unspecified atom stereocenters. The Bertz CT molecular complexity index is 803. The lowest BCUT2D eigenvalue weighted by Gasteiger charge is -2.07.